The van der Waals surface area contributed by atoms with Crippen LogP contribution in [-0.4, -0.2) is 15.7 Å². The first-order valence-electron chi connectivity index (χ1n) is 1.71. The number of hydrogen-bond donors (Lipinski definition) is 0. The fraction of sp³-hybridized carbons (Fsp3) is 0. The maximum Gasteiger partial charge on any atom is 0.242 e. The molecule has 0 bridgehead atoms. The number of isocyanates is 1. The largest absolute Gasteiger partial charge is 0.242 e. The molecule has 0 amide bonds. The predicted molar refractivity (Wildman–Crippen MR) is 26.5 cm³/mol. The fourth-order valence-electron chi connectivity index (χ4n) is 0.229. The van der Waals surface area contributed by atoms with Crippen LogP contribution in [0.25, 0.3) is 0 Å². The highest BCUT2D eigenvalue weighted by molar-refractivity contribution is 7.03. The molecule has 0 aliphatic heterocycles. The minimum atomic E-state index is 0.199. The molecule has 0 unspecified atom stereocenters. The van der Waals surface area contributed by atoms with Crippen molar-refractivity contribution in [2.75, 3.05) is 0 Å². The first kappa shape index (κ1) is 5.08. The molecule has 0 spiro atoms. The van der Waals surface area contributed by atoms with Gasteiger partial charge in [0, 0.05) is 0 Å². The quantitative estimate of drug-likeness (QED) is 0.402. The van der Waals surface area contributed by atoms with E-state index < -0.39 is 0 Å². The second-order valence-electron chi connectivity index (χ2n) is 0.902. The van der Waals surface area contributed by atoms with E-state index in [1.165, 1.54) is 6.08 Å². The van der Waals surface area contributed by atoms with E-state index in [0.717, 1.165) is 11.5 Å². The van der Waals surface area contributed by atoms with Crippen LogP contribution in [0.3, 0.4) is 0 Å². The van der Waals surface area contributed by atoms with Crippen LogP contribution in [0.2, 0.25) is 0 Å². The molecule has 0 saturated carbocycles. The minimum absolute atomic E-state index is 0.199. The Hall–Kier alpha value is -1.06. The van der Waals surface area contributed by atoms with Crippen LogP contribution in [-0.2, 0) is 4.79 Å². The van der Waals surface area contributed by atoms with E-state index >= 15 is 0 Å². The second kappa shape index (κ2) is 2.30. The summed E-state index contributed by atoms with van der Waals surface area (Å²) >= 11 is 1.02. The van der Waals surface area contributed by atoms with Crippen molar-refractivity contribution in [1.29, 1.82) is 0 Å². The molecule has 1 heterocycles. The molecular weight excluding hydrogens is 126 g/mol. The highest BCUT2D eigenvalue weighted by Crippen LogP contribution is 2.03. The Morgan fingerprint density at radius 3 is 3.25 bits per heavy atom. The third-order valence-corrected chi connectivity index (χ3v) is 0.902. The first-order valence-corrected chi connectivity index (χ1v) is 2.49. The molecule has 0 atom stereocenters. The zero-order valence-electron chi connectivity index (χ0n) is 3.66. The van der Waals surface area contributed by atoms with Crippen molar-refractivity contribution in [3.8, 4) is 0 Å². The number of hydrogen-bond acceptors (Lipinski definition) is 5. The van der Waals surface area contributed by atoms with Gasteiger partial charge in [0.25, 0.3) is 0 Å². The lowest BCUT2D eigenvalue weighted by Gasteiger charge is -1.64. The van der Waals surface area contributed by atoms with Gasteiger partial charge in [0.1, 0.15) is 5.38 Å². The van der Waals surface area contributed by atoms with Crippen LogP contribution in [0.15, 0.2) is 4.99 Å². The summed E-state index contributed by atoms with van der Waals surface area (Å²) < 4.78 is 3.40. The number of nitrogens with zero attached hydrogens (tertiary/aromatic N) is 3. The van der Waals surface area contributed by atoms with Crippen LogP contribution in [0.4, 0.5) is 5.82 Å². The summed E-state index contributed by atoms with van der Waals surface area (Å²) in [4.78, 5) is 12.6. The molecule has 0 N–H and O–H groups in total. The molecule has 5 heteroatoms. The lowest BCUT2D eigenvalue weighted by atomic mass is 10.8. The van der Waals surface area contributed by atoms with Crippen molar-refractivity contribution in [3.05, 3.63) is 5.38 Å². The van der Waals surface area contributed by atoms with Crippen molar-refractivity contribution >= 4 is 23.4 Å². The summed E-state index contributed by atoms with van der Waals surface area (Å²) in [6.45, 7) is 0. The zero-order valence-corrected chi connectivity index (χ0v) is 4.47. The monoisotopic (exact) mass is 126 g/mol. The van der Waals surface area contributed by atoms with Crippen molar-refractivity contribution in [2.24, 2.45) is 4.99 Å². The average molecular weight is 126 g/mol. The van der Waals surface area contributed by atoms with Gasteiger partial charge in [-0.3, -0.25) is 0 Å². The van der Waals surface area contributed by atoms with Crippen molar-refractivity contribution in [1.82, 2.24) is 9.59 Å². The maximum absolute atomic E-state index is 9.50. The third kappa shape index (κ3) is 0.959. The summed E-state index contributed by atoms with van der Waals surface area (Å²) in [5.74, 6) is 0.199. The first-order chi connectivity index (χ1) is 3.93. The molecule has 4 nitrogen and oxygen atoms in total. The molecule has 1 aromatic heterocycles. The van der Waals surface area contributed by atoms with Crippen LogP contribution in [0.5, 0.6) is 0 Å². The SMILES string of the molecule is O=C=Nc1[c]snn1. The van der Waals surface area contributed by atoms with Gasteiger partial charge in [-0.2, -0.15) is 0 Å². The smallest absolute Gasteiger partial charge is 0.211 e. The van der Waals surface area contributed by atoms with Crippen molar-refractivity contribution in [2.45, 2.75) is 0 Å². The van der Waals surface area contributed by atoms with Gasteiger partial charge in [-0.15, -0.1) is 10.1 Å². The molecular formula is C3N3OS. The van der Waals surface area contributed by atoms with E-state index in [-0.39, 0.29) is 5.82 Å². The number of aliphatic imine (C=N–C) groups is 1. The van der Waals surface area contributed by atoms with Crippen molar-refractivity contribution in [3.63, 3.8) is 0 Å². The highest BCUT2D eigenvalue weighted by atomic mass is 32.1. The van der Waals surface area contributed by atoms with E-state index in [1.54, 1.807) is 0 Å². The minimum Gasteiger partial charge on any atom is -0.211 e. The summed E-state index contributed by atoms with van der Waals surface area (Å²) in [5, 5.41) is 5.92. The molecule has 0 saturated heterocycles. The van der Waals surface area contributed by atoms with Crippen LogP contribution >= 0.6 is 11.5 Å². The molecule has 0 aliphatic rings. The Bertz CT molecular complexity index is 200. The predicted octanol–water partition coefficient (Wildman–Crippen LogP) is 0.306. The lowest BCUT2D eigenvalue weighted by Crippen LogP contribution is -1.61. The number of aromatic nitrogens is 2. The molecule has 1 aromatic rings. The van der Waals surface area contributed by atoms with E-state index in [9.17, 15) is 4.79 Å². The third-order valence-electron chi connectivity index (χ3n) is 0.465. The lowest BCUT2D eigenvalue weighted by molar-refractivity contribution is 0.565. The average Bonchev–Trinajstić information content (AvgIpc) is 2.19. The van der Waals surface area contributed by atoms with Gasteiger partial charge in [0.05, 0.1) is 0 Å². The summed E-state index contributed by atoms with van der Waals surface area (Å²) in [6.07, 6.45) is 1.32. The summed E-state index contributed by atoms with van der Waals surface area (Å²) in [5.41, 5.74) is 0. The maximum atomic E-state index is 9.50. The van der Waals surface area contributed by atoms with Gasteiger partial charge in [-0.25, -0.2) is 4.79 Å². The summed E-state index contributed by atoms with van der Waals surface area (Å²) in [7, 11) is 0. The number of rotatable bonds is 1. The molecule has 39 valence electrons. The molecule has 0 fully saturated rings. The second-order valence-corrected chi connectivity index (χ2v) is 1.45. The Balaban J connectivity index is 2.93. The van der Waals surface area contributed by atoms with E-state index in [2.05, 4.69) is 20.0 Å². The van der Waals surface area contributed by atoms with Gasteiger partial charge < -0.3 is 0 Å². The van der Waals surface area contributed by atoms with Crippen LogP contribution in [0, 0.1) is 5.38 Å². The van der Waals surface area contributed by atoms with Gasteiger partial charge in [0.15, 0.2) is 0 Å². The standard InChI is InChI=1S/C3N3OS/c7-2-4-3-1-8-6-5-3. The van der Waals surface area contributed by atoms with Gasteiger partial charge in [-0.1, -0.05) is 4.49 Å². The normalized spacial score (nSPS) is 8.00. The van der Waals surface area contributed by atoms with Gasteiger partial charge in [-0.05, 0) is 11.5 Å². The Morgan fingerprint density at radius 1 is 1.88 bits per heavy atom. The molecule has 1 rings (SSSR count). The molecule has 8 heavy (non-hydrogen) atoms. The number of carbonyl (C=O) groups excluding carboxylic acids is 1. The van der Waals surface area contributed by atoms with E-state index in [1.807, 2.05) is 0 Å². The Kier molecular flexibility index (Phi) is 1.46. The van der Waals surface area contributed by atoms with Crippen LogP contribution in [0.1, 0.15) is 0 Å². The van der Waals surface area contributed by atoms with Crippen molar-refractivity contribution < 1.29 is 4.79 Å². The highest BCUT2D eigenvalue weighted by Gasteiger charge is 1.88. The topological polar surface area (TPSA) is 55.2 Å². The molecule has 0 aromatic carbocycles. The fourth-order valence-corrected chi connectivity index (χ4v) is 0.556. The van der Waals surface area contributed by atoms with Gasteiger partial charge >= 0.3 is 0 Å². The van der Waals surface area contributed by atoms with Gasteiger partial charge in [0.2, 0.25) is 11.9 Å². The molecule has 1 radical (unpaired) electrons. The zero-order chi connectivity index (χ0) is 5.82. The van der Waals surface area contributed by atoms with E-state index in [0.29, 0.717) is 0 Å². The molecule has 0 aliphatic carbocycles. The van der Waals surface area contributed by atoms with E-state index in [4.69, 9.17) is 0 Å². The Labute approximate surface area is 49.0 Å². The Morgan fingerprint density at radius 2 is 2.75 bits per heavy atom. The summed E-state index contributed by atoms with van der Waals surface area (Å²) in [6, 6.07) is 0. The van der Waals surface area contributed by atoms with Crippen LogP contribution < -0.4 is 0 Å².